The molecular formula is C18H23N3S. The van der Waals surface area contributed by atoms with Crippen LogP contribution in [-0.2, 0) is 6.42 Å². The third-order valence-corrected chi connectivity index (χ3v) is 3.59. The van der Waals surface area contributed by atoms with Crippen LogP contribution in [0, 0.1) is 0 Å². The van der Waals surface area contributed by atoms with Crippen LogP contribution in [0.5, 0.6) is 0 Å². The summed E-state index contributed by atoms with van der Waals surface area (Å²) in [6.07, 6.45) is 0.893. The van der Waals surface area contributed by atoms with Crippen molar-refractivity contribution in [3.8, 4) is 0 Å². The first-order valence-corrected chi connectivity index (χ1v) is 7.87. The van der Waals surface area contributed by atoms with Gasteiger partial charge in [0, 0.05) is 18.8 Å². The van der Waals surface area contributed by atoms with E-state index >= 15 is 0 Å². The maximum Gasteiger partial charge on any atom is 0.170 e. The Hall–Kier alpha value is -1.91. The zero-order chi connectivity index (χ0) is 15.8. The lowest BCUT2D eigenvalue weighted by molar-refractivity contribution is 0.413. The predicted molar refractivity (Wildman–Crippen MR) is 98.5 cm³/mol. The number of nitrogens with one attached hydrogen (secondary N) is 2. The summed E-state index contributed by atoms with van der Waals surface area (Å²) in [5, 5.41) is 7.21. The van der Waals surface area contributed by atoms with Gasteiger partial charge in [-0.1, -0.05) is 48.5 Å². The molecule has 2 aromatic rings. The van der Waals surface area contributed by atoms with Crippen LogP contribution in [0.4, 0.5) is 5.69 Å². The van der Waals surface area contributed by atoms with Gasteiger partial charge >= 0.3 is 0 Å². The van der Waals surface area contributed by atoms with Gasteiger partial charge in [-0.15, -0.1) is 0 Å². The number of hydrogen-bond donors (Lipinski definition) is 2. The van der Waals surface area contributed by atoms with Gasteiger partial charge in [-0.05, 0) is 49.9 Å². The van der Waals surface area contributed by atoms with Gasteiger partial charge in [0.05, 0.1) is 0 Å². The average molecular weight is 313 g/mol. The number of nitrogens with zero attached hydrogens (tertiary/aromatic N) is 1. The van der Waals surface area contributed by atoms with E-state index in [1.807, 2.05) is 26.2 Å². The second kappa shape index (κ2) is 8.51. The topological polar surface area (TPSA) is 27.3 Å². The summed E-state index contributed by atoms with van der Waals surface area (Å²) in [4.78, 5) is 2.12. The Morgan fingerprint density at radius 3 is 2.41 bits per heavy atom. The monoisotopic (exact) mass is 313 g/mol. The van der Waals surface area contributed by atoms with Crippen LogP contribution >= 0.6 is 12.2 Å². The maximum absolute atomic E-state index is 5.37. The number of hydrogen-bond acceptors (Lipinski definition) is 2. The smallest absolute Gasteiger partial charge is 0.170 e. The molecule has 0 fully saturated rings. The van der Waals surface area contributed by atoms with Gasteiger partial charge in [-0.3, -0.25) is 0 Å². The summed E-state index contributed by atoms with van der Waals surface area (Å²) in [5.41, 5.74) is 3.60. The van der Waals surface area contributed by atoms with Crippen molar-refractivity contribution in [2.24, 2.45) is 0 Å². The van der Waals surface area contributed by atoms with E-state index in [0.717, 1.165) is 25.2 Å². The van der Waals surface area contributed by atoms with Crippen molar-refractivity contribution in [1.82, 2.24) is 10.2 Å². The van der Waals surface area contributed by atoms with Crippen LogP contribution in [0.1, 0.15) is 11.1 Å². The first kappa shape index (κ1) is 16.5. The maximum atomic E-state index is 5.37. The second-order valence-corrected chi connectivity index (χ2v) is 5.91. The lowest BCUT2D eigenvalue weighted by Gasteiger charge is -2.15. The summed E-state index contributed by atoms with van der Waals surface area (Å²) >= 11 is 5.37. The summed E-state index contributed by atoms with van der Waals surface area (Å²) < 4.78 is 0. The Bertz CT molecular complexity index is 596. The van der Waals surface area contributed by atoms with Crippen molar-refractivity contribution in [1.29, 1.82) is 0 Å². The van der Waals surface area contributed by atoms with Crippen LogP contribution in [0.25, 0.3) is 0 Å². The van der Waals surface area contributed by atoms with E-state index in [4.69, 9.17) is 12.2 Å². The molecule has 0 unspecified atom stereocenters. The predicted octanol–water partition coefficient (Wildman–Crippen LogP) is 3.13. The highest BCUT2D eigenvalue weighted by atomic mass is 32.1. The minimum Gasteiger partial charge on any atom is -0.361 e. The number of para-hydroxylation sites is 1. The third kappa shape index (κ3) is 5.47. The molecule has 0 saturated carbocycles. The summed E-state index contributed by atoms with van der Waals surface area (Å²) in [7, 11) is 4.10. The van der Waals surface area contributed by atoms with Gasteiger partial charge in [0.2, 0.25) is 0 Å². The van der Waals surface area contributed by atoms with Crippen LogP contribution in [0.2, 0.25) is 0 Å². The zero-order valence-electron chi connectivity index (χ0n) is 13.2. The lowest BCUT2D eigenvalue weighted by Crippen LogP contribution is -2.34. The molecule has 0 aliphatic rings. The van der Waals surface area contributed by atoms with Gasteiger partial charge in [-0.25, -0.2) is 0 Å². The van der Waals surface area contributed by atoms with E-state index in [1.165, 1.54) is 11.1 Å². The molecule has 4 heteroatoms. The Labute approximate surface area is 138 Å². The molecule has 0 bridgehead atoms. The number of benzene rings is 2. The minimum absolute atomic E-state index is 0.669. The molecule has 0 aromatic heterocycles. The van der Waals surface area contributed by atoms with Crippen molar-refractivity contribution in [2.45, 2.75) is 6.42 Å². The molecule has 0 aliphatic carbocycles. The highest BCUT2D eigenvalue weighted by Crippen LogP contribution is 2.18. The van der Waals surface area contributed by atoms with Gasteiger partial charge in [0.25, 0.3) is 0 Å². The highest BCUT2D eigenvalue weighted by molar-refractivity contribution is 7.80. The third-order valence-electron chi connectivity index (χ3n) is 3.35. The lowest BCUT2D eigenvalue weighted by atomic mass is 10.0. The molecule has 0 aliphatic heterocycles. The van der Waals surface area contributed by atoms with Crippen LogP contribution in [-0.4, -0.2) is 37.2 Å². The number of thiocarbonyl (C=S) groups is 1. The summed E-state index contributed by atoms with van der Waals surface area (Å²) in [6.45, 7) is 1.78. The molecule has 0 radical (unpaired) electrons. The zero-order valence-corrected chi connectivity index (χ0v) is 14.0. The molecular weight excluding hydrogens is 290 g/mol. The van der Waals surface area contributed by atoms with Crippen molar-refractivity contribution >= 4 is 23.0 Å². The molecule has 0 amide bonds. The van der Waals surface area contributed by atoms with Gasteiger partial charge in [0.15, 0.2) is 5.11 Å². The molecule has 3 nitrogen and oxygen atoms in total. The van der Waals surface area contributed by atoms with E-state index in [1.54, 1.807) is 0 Å². The fourth-order valence-corrected chi connectivity index (χ4v) is 2.38. The standard InChI is InChI=1S/C18H23N3S/c1-21(2)13-12-19-18(22)20-17-11-7-6-10-16(17)14-15-8-4-3-5-9-15/h3-11H,12-14H2,1-2H3,(H2,19,20,22). The minimum atomic E-state index is 0.669. The van der Waals surface area contributed by atoms with E-state index in [0.29, 0.717) is 5.11 Å². The summed E-state index contributed by atoms with van der Waals surface area (Å²) in [6, 6.07) is 18.8. The number of anilines is 1. The fourth-order valence-electron chi connectivity index (χ4n) is 2.17. The summed E-state index contributed by atoms with van der Waals surface area (Å²) in [5.74, 6) is 0. The van der Waals surface area contributed by atoms with Gasteiger partial charge in [0.1, 0.15) is 0 Å². The average Bonchev–Trinajstić information content (AvgIpc) is 2.50. The van der Waals surface area contributed by atoms with Gasteiger partial charge in [-0.2, -0.15) is 0 Å². The van der Waals surface area contributed by atoms with Crippen molar-refractivity contribution in [3.63, 3.8) is 0 Å². The van der Waals surface area contributed by atoms with E-state index in [9.17, 15) is 0 Å². The number of rotatable bonds is 6. The SMILES string of the molecule is CN(C)CCNC(=S)Nc1ccccc1Cc1ccccc1. The Morgan fingerprint density at radius 2 is 1.68 bits per heavy atom. The Balaban J connectivity index is 1.98. The van der Waals surface area contributed by atoms with E-state index < -0.39 is 0 Å². The molecule has 116 valence electrons. The molecule has 0 saturated heterocycles. The first-order chi connectivity index (χ1) is 10.6. The number of likely N-dealkylation sites (N-methyl/N-ethyl adjacent to an activating group) is 1. The molecule has 22 heavy (non-hydrogen) atoms. The molecule has 2 aromatic carbocycles. The van der Waals surface area contributed by atoms with Crippen molar-refractivity contribution in [3.05, 3.63) is 65.7 Å². The molecule has 2 rings (SSSR count). The molecule has 2 N–H and O–H groups in total. The quantitative estimate of drug-likeness (QED) is 0.801. The van der Waals surface area contributed by atoms with Crippen LogP contribution in [0.3, 0.4) is 0 Å². The largest absolute Gasteiger partial charge is 0.361 e. The van der Waals surface area contributed by atoms with Crippen LogP contribution < -0.4 is 10.6 Å². The van der Waals surface area contributed by atoms with E-state index in [2.05, 4.69) is 58.0 Å². The van der Waals surface area contributed by atoms with Crippen molar-refractivity contribution < 1.29 is 0 Å². The second-order valence-electron chi connectivity index (χ2n) is 5.50. The fraction of sp³-hybridized carbons (Fsp3) is 0.278. The molecule has 0 heterocycles. The van der Waals surface area contributed by atoms with E-state index in [-0.39, 0.29) is 0 Å². The molecule has 0 atom stereocenters. The van der Waals surface area contributed by atoms with Crippen molar-refractivity contribution in [2.75, 3.05) is 32.5 Å². The Morgan fingerprint density at radius 1 is 1.00 bits per heavy atom. The van der Waals surface area contributed by atoms with Gasteiger partial charge < -0.3 is 15.5 Å². The Kier molecular flexibility index (Phi) is 6.37. The van der Waals surface area contributed by atoms with Crippen LogP contribution in [0.15, 0.2) is 54.6 Å². The first-order valence-electron chi connectivity index (χ1n) is 7.46. The molecule has 0 spiro atoms. The normalized spacial score (nSPS) is 10.5. The highest BCUT2D eigenvalue weighted by Gasteiger charge is 2.04.